The number of urea groups is 1. The molecule has 2 N–H and O–H groups in total. The maximum absolute atomic E-state index is 12.0. The first-order valence-electron chi connectivity index (χ1n) is 7.05. The molecule has 0 aliphatic carbocycles. The lowest BCUT2D eigenvalue weighted by Gasteiger charge is -2.22. The molecule has 0 radical (unpaired) electrons. The van der Waals surface area contributed by atoms with Crippen LogP contribution < -0.4 is 10.6 Å². The smallest absolute Gasteiger partial charge is 0.308 e. The van der Waals surface area contributed by atoms with Crippen molar-refractivity contribution in [2.24, 2.45) is 0 Å². The molecule has 23 heavy (non-hydrogen) atoms. The van der Waals surface area contributed by atoms with Gasteiger partial charge in [0, 0.05) is 21.1 Å². The highest BCUT2D eigenvalue weighted by molar-refractivity contribution is 9.10. The summed E-state index contributed by atoms with van der Waals surface area (Å²) in [5, 5.41) is 6.96. The second kappa shape index (κ2) is 8.24. The van der Waals surface area contributed by atoms with E-state index in [1.807, 2.05) is 48.5 Å². The molecule has 0 aliphatic rings. The van der Waals surface area contributed by atoms with E-state index >= 15 is 0 Å². The van der Waals surface area contributed by atoms with E-state index in [4.69, 9.17) is 0 Å². The molecule has 0 saturated carbocycles. The highest BCUT2D eigenvalue weighted by atomic mass is 79.9. The second-order valence-electron chi connectivity index (χ2n) is 5.12. The van der Waals surface area contributed by atoms with Crippen molar-refractivity contribution in [3.63, 3.8) is 0 Å². The number of nitrogens with zero attached hydrogens (tertiary/aromatic N) is 1. The Morgan fingerprint density at radius 3 is 2.57 bits per heavy atom. The average molecular weight is 396 g/mol. The van der Waals surface area contributed by atoms with Crippen LogP contribution in [0, 0.1) is 0 Å². The summed E-state index contributed by atoms with van der Waals surface area (Å²) < 4.78 is 0.920. The summed E-state index contributed by atoms with van der Waals surface area (Å²) in [6.45, 7) is 2.17. The molecule has 0 fully saturated rings. The number of likely N-dealkylation sites (N-methyl/N-ethyl adjacent to an activating group) is 1. The number of benzene rings is 1. The van der Waals surface area contributed by atoms with Crippen molar-refractivity contribution >= 4 is 44.9 Å². The third-order valence-electron chi connectivity index (χ3n) is 3.36. The van der Waals surface area contributed by atoms with Crippen LogP contribution in [0.4, 0.5) is 10.5 Å². The number of rotatable bonds is 5. The average Bonchev–Trinajstić information content (AvgIpc) is 3.02. The molecule has 2 aromatic rings. The van der Waals surface area contributed by atoms with Gasteiger partial charge in [-0.1, -0.05) is 22.0 Å². The van der Waals surface area contributed by atoms with Crippen molar-refractivity contribution in [3.8, 4) is 0 Å². The van der Waals surface area contributed by atoms with Gasteiger partial charge in [-0.3, -0.25) is 15.0 Å². The number of anilines is 1. The summed E-state index contributed by atoms with van der Waals surface area (Å²) in [7, 11) is 1.86. The van der Waals surface area contributed by atoms with E-state index in [0.29, 0.717) is 5.69 Å². The molecule has 1 aromatic heterocycles. The normalized spacial score (nSPS) is 12.0. The molecule has 0 bridgehead atoms. The Morgan fingerprint density at radius 1 is 1.26 bits per heavy atom. The minimum Gasteiger partial charge on any atom is -0.308 e. The zero-order chi connectivity index (χ0) is 16.8. The largest absolute Gasteiger partial charge is 0.325 e. The van der Waals surface area contributed by atoms with Crippen LogP contribution in [0.1, 0.15) is 17.8 Å². The van der Waals surface area contributed by atoms with Crippen LogP contribution in [0.5, 0.6) is 0 Å². The van der Waals surface area contributed by atoms with Crippen molar-refractivity contribution in [1.82, 2.24) is 10.2 Å². The Bertz CT molecular complexity index is 658. The number of hydrogen-bond acceptors (Lipinski definition) is 4. The van der Waals surface area contributed by atoms with Crippen LogP contribution in [-0.2, 0) is 4.79 Å². The van der Waals surface area contributed by atoms with Crippen molar-refractivity contribution < 1.29 is 9.59 Å². The Kier molecular flexibility index (Phi) is 6.32. The van der Waals surface area contributed by atoms with Crippen molar-refractivity contribution in [2.75, 3.05) is 18.9 Å². The van der Waals surface area contributed by atoms with Gasteiger partial charge in [-0.05, 0) is 49.7 Å². The van der Waals surface area contributed by atoms with Crippen LogP contribution in [0.3, 0.4) is 0 Å². The first-order chi connectivity index (χ1) is 11.0. The van der Waals surface area contributed by atoms with Gasteiger partial charge in [-0.15, -0.1) is 11.3 Å². The van der Waals surface area contributed by atoms with E-state index < -0.39 is 6.03 Å². The van der Waals surface area contributed by atoms with E-state index in [2.05, 4.69) is 26.6 Å². The summed E-state index contributed by atoms with van der Waals surface area (Å²) in [6.07, 6.45) is 0. The first kappa shape index (κ1) is 17.7. The van der Waals surface area contributed by atoms with E-state index in [1.165, 1.54) is 4.88 Å². The number of carbonyl (C=O) groups is 2. The fourth-order valence-electron chi connectivity index (χ4n) is 1.97. The molecule has 0 saturated heterocycles. The van der Waals surface area contributed by atoms with Gasteiger partial charge in [0.25, 0.3) is 0 Å². The Morgan fingerprint density at radius 2 is 1.96 bits per heavy atom. The van der Waals surface area contributed by atoms with E-state index in [-0.39, 0.29) is 18.5 Å². The van der Waals surface area contributed by atoms with Gasteiger partial charge < -0.3 is 5.32 Å². The summed E-state index contributed by atoms with van der Waals surface area (Å²) in [5.41, 5.74) is 0.624. The molecule has 1 atom stereocenters. The van der Waals surface area contributed by atoms with Crippen molar-refractivity contribution in [1.29, 1.82) is 0 Å². The minimum absolute atomic E-state index is 0.121. The van der Waals surface area contributed by atoms with Crippen LogP contribution in [0.15, 0.2) is 46.3 Å². The molecule has 2 rings (SSSR count). The van der Waals surface area contributed by atoms with Crippen LogP contribution in [0.2, 0.25) is 0 Å². The number of hydrogen-bond donors (Lipinski definition) is 2. The molecule has 0 aliphatic heterocycles. The van der Waals surface area contributed by atoms with Gasteiger partial charge in [-0.25, -0.2) is 4.79 Å². The minimum atomic E-state index is -0.533. The lowest BCUT2D eigenvalue weighted by molar-refractivity contribution is -0.121. The van der Waals surface area contributed by atoms with Gasteiger partial charge in [0.15, 0.2) is 0 Å². The molecule has 122 valence electrons. The molecule has 1 unspecified atom stereocenters. The predicted molar refractivity (Wildman–Crippen MR) is 96.7 cm³/mol. The molecular formula is C16H18BrN3O2S. The Labute approximate surface area is 147 Å². The monoisotopic (exact) mass is 395 g/mol. The first-order valence-corrected chi connectivity index (χ1v) is 8.73. The lowest BCUT2D eigenvalue weighted by Crippen LogP contribution is -2.41. The van der Waals surface area contributed by atoms with Gasteiger partial charge in [0.2, 0.25) is 5.91 Å². The van der Waals surface area contributed by atoms with Crippen molar-refractivity contribution in [3.05, 3.63) is 51.1 Å². The Balaban J connectivity index is 1.81. The fourth-order valence-corrected chi connectivity index (χ4v) is 3.08. The predicted octanol–water partition coefficient (Wildman–Crippen LogP) is 3.85. The highest BCUT2D eigenvalue weighted by Crippen LogP contribution is 2.22. The standard InChI is InChI=1S/C16H18BrN3O2S/c1-11(14-4-3-9-23-14)20(2)10-15(21)19-16(22)18-13-7-5-12(17)6-8-13/h3-9,11H,10H2,1-2H3,(H2,18,19,21,22). The summed E-state index contributed by atoms with van der Waals surface area (Å²) in [6, 6.07) is 10.7. The number of amides is 3. The zero-order valence-corrected chi connectivity index (χ0v) is 15.3. The molecule has 0 spiro atoms. The van der Waals surface area contributed by atoms with E-state index in [1.54, 1.807) is 23.5 Å². The maximum Gasteiger partial charge on any atom is 0.325 e. The molecule has 1 aromatic carbocycles. The number of imide groups is 1. The molecule has 7 heteroatoms. The molecular weight excluding hydrogens is 378 g/mol. The number of nitrogens with one attached hydrogen (secondary N) is 2. The van der Waals surface area contributed by atoms with Gasteiger partial charge in [0.1, 0.15) is 0 Å². The van der Waals surface area contributed by atoms with E-state index in [9.17, 15) is 9.59 Å². The lowest BCUT2D eigenvalue weighted by atomic mass is 10.2. The highest BCUT2D eigenvalue weighted by Gasteiger charge is 2.17. The van der Waals surface area contributed by atoms with Gasteiger partial charge in [-0.2, -0.15) is 0 Å². The van der Waals surface area contributed by atoms with Crippen molar-refractivity contribution in [2.45, 2.75) is 13.0 Å². The number of halogens is 1. The van der Waals surface area contributed by atoms with Crippen LogP contribution >= 0.6 is 27.3 Å². The summed E-state index contributed by atoms with van der Waals surface area (Å²) in [5.74, 6) is -0.342. The summed E-state index contributed by atoms with van der Waals surface area (Å²) >= 11 is 4.97. The SMILES string of the molecule is CC(c1cccs1)N(C)CC(=O)NC(=O)Nc1ccc(Br)cc1. The van der Waals surface area contributed by atoms with Crippen LogP contribution in [0.25, 0.3) is 0 Å². The number of thiophene rings is 1. The zero-order valence-electron chi connectivity index (χ0n) is 12.9. The third-order valence-corrected chi connectivity index (χ3v) is 4.94. The van der Waals surface area contributed by atoms with Crippen LogP contribution in [-0.4, -0.2) is 30.4 Å². The topological polar surface area (TPSA) is 61.4 Å². The van der Waals surface area contributed by atoms with E-state index in [0.717, 1.165) is 4.47 Å². The second-order valence-corrected chi connectivity index (χ2v) is 7.01. The quantitative estimate of drug-likeness (QED) is 0.807. The molecule has 5 nitrogen and oxygen atoms in total. The van der Waals surface area contributed by atoms with Gasteiger partial charge >= 0.3 is 6.03 Å². The molecule has 3 amide bonds. The summed E-state index contributed by atoms with van der Waals surface area (Å²) in [4.78, 5) is 26.9. The Hall–Kier alpha value is -1.70. The molecule has 1 heterocycles. The third kappa shape index (κ3) is 5.46. The van der Waals surface area contributed by atoms with Gasteiger partial charge in [0.05, 0.1) is 6.54 Å². The fraction of sp³-hybridized carbons (Fsp3) is 0.250. The number of carbonyl (C=O) groups excluding carboxylic acids is 2. The maximum atomic E-state index is 12.0.